The fourth-order valence-electron chi connectivity index (χ4n) is 4.90. The summed E-state index contributed by atoms with van der Waals surface area (Å²) in [6.45, 7) is 5.81. The molecule has 2 amide bonds. The van der Waals surface area contributed by atoms with Crippen molar-refractivity contribution in [2.75, 3.05) is 52.5 Å². The summed E-state index contributed by atoms with van der Waals surface area (Å²) in [7, 11) is 4.87. The Balaban J connectivity index is 1.53. The van der Waals surface area contributed by atoms with Crippen molar-refractivity contribution in [3.05, 3.63) is 53.1 Å². The van der Waals surface area contributed by atoms with Crippen LogP contribution in [0, 0.1) is 5.41 Å². The zero-order valence-electron chi connectivity index (χ0n) is 19.6. The van der Waals surface area contributed by atoms with Crippen LogP contribution in [0.25, 0.3) is 0 Å². The topological polar surface area (TPSA) is 75.6 Å². The smallest absolute Gasteiger partial charge is 0.337 e. The molecule has 2 saturated heterocycles. The van der Waals surface area contributed by atoms with E-state index in [0.29, 0.717) is 23.3 Å². The summed E-state index contributed by atoms with van der Waals surface area (Å²) in [6.07, 6.45) is 0.645. The second-order valence-corrected chi connectivity index (χ2v) is 9.16. The zero-order valence-corrected chi connectivity index (χ0v) is 19.6. The van der Waals surface area contributed by atoms with Gasteiger partial charge in [0.2, 0.25) is 0 Å². The number of carbonyl (C=O) groups excluding carboxylic acids is 1. The summed E-state index contributed by atoms with van der Waals surface area (Å²) < 4.78 is 16.5. The van der Waals surface area contributed by atoms with Crippen LogP contribution >= 0.6 is 0 Å². The highest BCUT2D eigenvalue weighted by molar-refractivity contribution is 6.14. The highest BCUT2D eigenvalue weighted by atomic mass is 16.5. The molecule has 0 bridgehead atoms. The molecule has 0 unspecified atom stereocenters. The average Bonchev–Trinajstić information content (AvgIpc) is 2.91. The molecule has 0 radical (unpaired) electrons. The van der Waals surface area contributed by atoms with Crippen molar-refractivity contribution in [3.63, 3.8) is 0 Å². The summed E-state index contributed by atoms with van der Waals surface area (Å²) in [6, 6.07) is 12.0. The molecule has 1 N–H and O–H groups in total. The van der Waals surface area contributed by atoms with Crippen LogP contribution in [0.1, 0.15) is 23.6 Å². The molecule has 1 atom stereocenters. The fourth-order valence-corrected chi connectivity index (χ4v) is 4.90. The third-order valence-electron chi connectivity index (χ3n) is 6.80. The molecular formula is C25H30N4O4. The molecule has 0 aromatic heterocycles. The molecule has 3 heterocycles. The van der Waals surface area contributed by atoms with Gasteiger partial charge in [0, 0.05) is 37.0 Å². The molecule has 8 nitrogen and oxygen atoms in total. The molecule has 0 saturated carbocycles. The lowest BCUT2D eigenvalue weighted by Crippen LogP contribution is -2.66. The van der Waals surface area contributed by atoms with Crippen molar-refractivity contribution in [1.82, 2.24) is 10.3 Å². The van der Waals surface area contributed by atoms with Crippen LogP contribution in [-0.4, -0.2) is 70.4 Å². The molecule has 33 heavy (non-hydrogen) atoms. The molecular weight excluding hydrogens is 420 g/mol. The Bertz CT molecular complexity index is 1090. The van der Waals surface area contributed by atoms with Gasteiger partial charge >= 0.3 is 6.03 Å². The van der Waals surface area contributed by atoms with Crippen LogP contribution in [0.15, 0.2) is 41.5 Å². The first-order valence-electron chi connectivity index (χ1n) is 11.2. The minimum atomic E-state index is -0.239. The van der Waals surface area contributed by atoms with Crippen LogP contribution < -0.4 is 19.7 Å². The first kappa shape index (κ1) is 21.6. The number of methoxy groups -OCH3 is 2. The molecule has 2 aromatic carbocycles. The Hall–Kier alpha value is -3.26. The maximum Gasteiger partial charge on any atom is 0.337 e. The van der Waals surface area contributed by atoms with Crippen LogP contribution in [-0.2, 0) is 11.2 Å². The van der Waals surface area contributed by atoms with Crippen LogP contribution in [0.5, 0.6) is 11.5 Å². The number of fused-ring (bicyclic) bond motifs is 1. The maximum absolute atomic E-state index is 12.6. The van der Waals surface area contributed by atoms with Crippen molar-refractivity contribution < 1.29 is 19.0 Å². The van der Waals surface area contributed by atoms with Gasteiger partial charge in [-0.05, 0) is 43.2 Å². The SMILES string of the molecule is CNC(=O)N1N=C(c2ccc(N3CC4(COC4)C3)cc2)c2cc(OC)c(OC)cc2C[C@H]1C. The number of hydrogen-bond donors (Lipinski definition) is 1. The number of urea groups is 1. The molecule has 0 aliphatic carbocycles. The van der Waals surface area contributed by atoms with Gasteiger partial charge in [-0.3, -0.25) is 0 Å². The number of hydrogen-bond acceptors (Lipinski definition) is 6. The highest BCUT2D eigenvalue weighted by Gasteiger charge is 2.49. The second kappa shape index (κ2) is 8.26. The number of amides is 2. The van der Waals surface area contributed by atoms with Gasteiger partial charge in [-0.25, -0.2) is 9.80 Å². The Morgan fingerprint density at radius 1 is 1.12 bits per heavy atom. The van der Waals surface area contributed by atoms with Crippen LogP contribution in [0.3, 0.4) is 0 Å². The van der Waals surface area contributed by atoms with Gasteiger partial charge in [-0.1, -0.05) is 12.1 Å². The van der Waals surface area contributed by atoms with Crippen LogP contribution in [0.2, 0.25) is 0 Å². The summed E-state index contributed by atoms with van der Waals surface area (Å²) in [5.74, 6) is 1.30. The van der Waals surface area contributed by atoms with E-state index < -0.39 is 0 Å². The van der Waals surface area contributed by atoms with Gasteiger partial charge in [-0.2, -0.15) is 5.10 Å². The summed E-state index contributed by atoms with van der Waals surface area (Å²) in [5.41, 5.74) is 5.23. The lowest BCUT2D eigenvalue weighted by Gasteiger charge is -2.56. The van der Waals surface area contributed by atoms with Gasteiger partial charge in [0.15, 0.2) is 11.5 Å². The van der Waals surface area contributed by atoms with E-state index in [1.54, 1.807) is 21.3 Å². The van der Waals surface area contributed by atoms with Gasteiger partial charge < -0.3 is 24.4 Å². The fraction of sp³-hybridized carbons (Fsp3) is 0.440. The predicted octanol–water partition coefficient (Wildman–Crippen LogP) is 2.88. The number of rotatable bonds is 4. The van der Waals surface area contributed by atoms with E-state index in [4.69, 9.17) is 19.3 Å². The Labute approximate surface area is 194 Å². The third kappa shape index (κ3) is 3.68. The molecule has 8 heteroatoms. The van der Waals surface area contributed by atoms with Crippen molar-refractivity contribution >= 4 is 17.4 Å². The van der Waals surface area contributed by atoms with Crippen molar-refractivity contribution in [1.29, 1.82) is 0 Å². The summed E-state index contributed by atoms with van der Waals surface area (Å²) in [5, 5.41) is 9.07. The first-order chi connectivity index (χ1) is 16.0. The molecule has 174 valence electrons. The minimum Gasteiger partial charge on any atom is -0.493 e. The van der Waals surface area contributed by atoms with Gasteiger partial charge in [0.05, 0.1) is 44.6 Å². The van der Waals surface area contributed by atoms with Gasteiger partial charge in [-0.15, -0.1) is 0 Å². The first-order valence-corrected chi connectivity index (χ1v) is 11.2. The van der Waals surface area contributed by atoms with Crippen LogP contribution in [0.4, 0.5) is 10.5 Å². The van der Waals surface area contributed by atoms with E-state index in [9.17, 15) is 4.79 Å². The lowest BCUT2D eigenvalue weighted by atomic mass is 9.78. The lowest BCUT2D eigenvalue weighted by molar-refractivity contribution is -0.127. The van der Waals surface area contributed by atoms with E-state index in [-0.39, 0.29) is 12.1 Å². The quantitative estimate of drug-likeness (QED) is 0.775. The molecule has 2 aromatic rings. The van der Waals surface area contributed by atoms with Crippen molar-refractivity contribution in [2.24, 2.45) is 10.5 Å². The van der Waals surface area contributed by atoms with E-state index in [2.05, 4.69) is 34.5 Å². The largest absolute Gasteiger partial charge is 0.493 e. The van der Waals surface area contributed by atoms with Crippen molar-refractivity contribution in [3.8, 4) is 11.5 Å². The Morgan fingerprint density at radius 2 is 1.79 bits per heavy atom. The number of hydrazone groups is 1. The van der Waals surface area contributed by atoms with E-state index in [0.717, 1.165) is 48.7 Å². The average molecular weight is 451 g/mol. The number of nitrogens with one attached hydrogen (secondary N) is 1. The maximum atomic E-state index is 12.6. The monoisotopic (exact) mass is 450 g/mol. The summed E-state index contributed by atoms with van der Waals surface area (Å²) in [4.78, 5) is 15.0. The summed E-state index contributed by atoms with van der Waals surface area (Å²) >= 11 is 0. The number of benzene rings is 2. The van der Waals surface area contributed by atoms with E-state index in [1.165, 1.54) is 10.7 Å². The standard InChI is InChI=1S/C25H30N4O4/c1-16-9-18-10-21(31-3)22(32-4)11-20(18)23(27-29(16)24(30)26-2)17-5-7-19(8-6-17)28-12-25(13-28)14-33-15-25/h5-8,10-11,16H,9,12-15H2,1-4H3,(H,26,30)/t16-/m1/s1. The Kier molecular flexibility index (Phi) is 5.40. The van der Waals surface area contributed by atoms with Gasteiger partial charge in [0.1, 0.15) is 0 Å². The number of anilines is 1. The van der Waals surface area contributed by atoms with Crippen molar-refractivity contribution in [2.45, 2.75) is 19.4 Å². The molecule has 5 rings (SSSR count). The van der Waals surface area contributed by atoms with Gasteiger partial charge in [0.25, 0.3) is 0 Å². The highest BCUT2D eigenvalue weighted by Crippen LogP contribution is 2.40. The second-order valence-electron chi connectivity index (χ2n) is 9.16. The molecule has 3 aliphatic rings. The minimum absolute atomic E-state index is 0.124. The predicted molar refractivity (Wildman–Crippen MR) is 127 cm³/mol. The molecule has 3 aliphatic heterocycles. The molecule has 2 fully saturated rings. The van der Waals surface area contributed by atoms with E-state index in [1.807, 2.05) is 19.1 Å². The molecule has 1 spiro atoms. The normalized spacial score (nSPS) is 20.7. The third-order valence-corrected chi connectivity index (χ3v) is 6.80. The van der Waals surface area contributed by atoms with E-state index >= 15 is 0 Å². The number of carbonyl (C=O) groups is 1. The number of ether oxygens (including phenoxy) is 3. The Morgan fingerprint density at radius 3 is 2.36 bits per heavy atom. The zero-order chi connectivity index (χ0) is 23.2. The number of nitrogens with zero attached hydrogens (tertiary/aromatic N) is 3.